The van der Waals surface area contributed by atoms with Gasteiger partial charge in [-0.2, -0.15) is 0 Å². The Kier molecular flexibility index (Phi) is 7.51. The second-order valence-electron chi connectivity index (χ2n) is 9.39. The van der Waals surface area contributed by atoms with Crippen LogP contribution in [0.2, 0.25) is 5.02 Å². The summed E-state index contributed by atoms with van der Waals surface area (Å²) in [5.41, 5.74) is 2.50. The van der Waals surface area contributed by atoms with E-state index in [1.165, 1.54) is 5.56 Å². The number of ether oxygens (including phenoxy) is 3. The van der Waals surface area contributed by atoms with E-state index in [9.17, 15) is 9.59 Å². The Hall–Kier alpha value is -3.71. The second kappa shape index (κ2) is 11.1. The standard InChI is InChI=1S/C29H28ClNO6/c30-24-16-23-25(37-29(33)34)14-15-35-26(23)17-27(24)36-22-12-8-20(9-13-22)28(32)31-21-10-6-19(7-11-21)18-4-2-1-3-5-18/h1-5,8-9,12-13,16-17,19,21,25H,6-7,10-11,14-15H2,(H,31,32)(H,33,34)/t19-,21-,25?. The van der Waals surface area contributed by atoms with Crippen LogP contribution in [0.4, 0.5) is 4.79 Å². The highest BCUT2D eigenvalue weighted by Crippen LogP contribution is 2.42. The summed E-state index contributed by atoms with van der Waals surface area (Å²) in [7, 11) is 0. The Morgan fingerprint density at radius 2 is 1.68 bits per heavy atom. The number of hydrogen-bond acceptors (Lipinski definition) is 5. The molecule has 8 heteroatoms. The van der Waals surface area contributed by atoms with Crippen molar-refractivity contribution in [1.82, 2.24) is 5.32 Å². The van der Waals surface area contributed by atoms with Gasteiger partial charge >= 0.3 is 6.16 Å². The fourth-order valence-electron chi connectivity index (χ4n) is 5.05. The lowest BCUT2D eigenvalue weighted by Gasteiger charge is -2.29. The zero-order valence-electron chi connectivity index (χ0n) is 20.2. The molecule has 1 unspecified atom stereocenters. The zero-order valence-corrected chi connectivity index (χ0v) is 20.9. The first-order chi connectivity index (χ1) is 18.0. The molecule has 2 aliphatic rings. The summed E-state index contributed by atoms with van der Waals surface area (Å²) in [6.45, 7) is 0.323. The molecule has 1 saturated carbocycles. The third kappa shape index (κ3) is 6.00. The van der Waals surface area contributed by atoms with Crippen molar-refractivity contribution >= 4 is 23.7 Å². The molecule has 0 radical (unpaired) electrons. The molecule has 1 aliphatic carbocycles. The highest BCUT2D eigenvalue weighted by Gasteiger charge is 2.27. The third-order valence-electron chi connectivity index (χ3n) is 6.97. The molecule has 7 nitrogen and oxygen atoms in total. The van der Waals surface area contributed by atoms with Crippen LogP contribution in [-0.4, -0.2) is 29.8 Å². The van der Waals surface area contributed by atoms with Crippen LogP contribution in [0.5, 0.6) is 17.2 Å². The fraction of sp³-hybridized carbons (Fsp3) is 0.310. The highest BCUT2D eigenvalue weighted by molar-refractivity contribution is 6.32. The van der Waals surface area contributed by atoms with E-state index in [4.69, 9.17) is 30.9 Å². The number of carbonyl (C=O) groups is 2. The lowest BCUT2D eigenvalue weighted by atomic mass is 9.82. The van der Waals surface area contributed by atoms with Gasteiger partial charge in [-0.1, -0.05) is 41.9 Å². The predicted octanol–water partition coefficient (Wildman–Crippen LogP) is 7.11. The lowest BCUT2D eigenvalue weighted by Crippen LogP contribution is -2.37. The van der Waals surface area contributed by atoms with E-state index >= 15 is 0 Å². The Morgan fingerprint density at radius 1 is 0.946 bits per heavy atom. The topological polar surface area (TPSA) is 94.1 Å². The number of halogens is 1. The number of amides is 1. The van der Waals surface area contributed by atoms with Crippen molar-refractivity contribution in [1.29, 1.82) is 0 Å². The molecule has 192 valence electrons. The molecule has 3 aromatic carbocycles. The predicted molar refractivity (Wildman–Crippen MR) is 139 cm³/mol. The first kappa shape index (κ1) is 25.0. The Labute approximate surface area is 220 Å². The van der Waals surface area contributed by atoms with Crippen molar-refractivity contribution < 1.29 is 28.9 Å². The van der Waals surface area contributed by atoms with Crippen LogP contribution in [0.1, 0.15) is 65.6 Å². The van der Waals surface area contributed by atoms with Gasteiger partial charge in [-0.25, -0.2) is 4.79 Å². The molecule has 1 atom stereocenters. The maximum absolute atomic E-state index is 12.8. The van der Waals surface area contributed by atoms with Crippen LogP contribution in [0, 0.1) is 0 Å². The summed E-state index contributed by atoms with van der Waals surface area (Å²) in [4.78, 5) is 23.8. The van der Waals surface area contributed by atoms with E-state index in [2.05, 4.69) is 29.6 Å². The van der Waals surface area contributed by atoms with Gasteiger partial charge in [-0.05, 0) is 67.5 Å². The van der Waals surface area contributed by atoms with Crippen LogP contribution in [-0.2, 0) is 4.74 Å². The van der Waals surface area contributed by atoms with Gasteiger partial charge < -0.3 is 24.6 Å². The zero-order chi connectivity index (χ0) is 25.8. The largest absolute Gasteiger partial charge is 0.506 e. The van der Waals surface area contributed by atoms with Crippen LogP contribution in [0.25, 0.3) is 0 Å². The lowest BCUT2D eigenvalue weighted by molar-refractivity contribution is 0.0326. The smallest absolute Gasteiger partial charge is 0.493 e. The SMILES string of the molecule is O=C(O)OC1CCOc2cc(Oc3ccc(C(=O)N[C@H]4CC[C@H](c5ccccc5)CC4)cc3)c(Cl)cc21. The molecule has 0 saturated heterocycles. The number of fused-ring (bicyclic) bond motifs is 1. The number of nitrogens with one attached hydrogen (secondary N) is 1. The normalized spacial score (nSPS) is 20.7. The average molecular weight is 522 g/mol. The van der Waals surface area contributed by atoms with E-state index in [-0.39, 0.29) is 11.9 Å². The van der Waals surface area contributed by atoms with Gasteiger partial charge in [-0.3, -0.25) is 4.79 Å². The van der Waals surface area contributed by atoms with Crippen LogP contribution < -0.4 is 14.8 Å². The summed E-state index contributed by atoms with van der Waals surface area (Å²) in [5, 5.41) is 12.4. The van der Waals surface area contributed by atoms with Crippen LogP contribution >= 0.6 is 11.6 Å². The van der Waals surface area contributed by atoms with Crippen molar-refractivity contribution in [2.75, 3.05) is 6.61 Å². The first-order valence-corrected chi connectivity index (χ1v) is 12.8. The van der Waals surface area contributed by atoms with Gasteiger partial charge in [0.25, 0.3) is 5.91 Å². The highest BCUT2D eigenvalue weighted by atomic mass is 35.5. The molecule has 0 aromatic heterocycles. The summed E-state index contributed by atoms with van der Waals surface area (Å²) >= 11 is 6.40. The number of carboxylic acid groups (broad SMARTS) is 1. The Balaban J connectivity index is 1.18. The quantitative estimate of drug-likeness (QED) is 0.336. The number of hydrogen-bond donors (Lipinski definition) is 2. The molecular formula is C29H28ClNO6. The van der Waals surface area contributed by atoms with Gasteiger partial charge in [0.15, 0.2) is 0 Å². The van der Waals surface area contributed by atoms with Crippen molar-refractivity contribution in [2.45, 2.75) is 50.2 Å². The van der Waals surface area contributed by atoms with Gasteiger partial charge in [0.05, 0.1) is 11.6 Å². The number of rotatable bonds is 6. The fourth-order valence-corrected chi connectivity index (χ4v) is 5.26. The summed E-state index contributed by atoms with van der Waals surface area (Å²) < 4.78 is 16.5. The maximum atomic E-state index is 12.8. The molecule has 0 bridgehead atoms. The molecule has 0 spiro atoms. The van der Waals surface area contributed by atoms with Crippen molar-refractivity contribution in [3.63, 3.8) is 0 Å². The number of benzene rings is 3. The van der Waals surface area contributed by atoms with Gasteiger partial charge in [0.1, 0.15) is 23.4 Å². The molecule has 1 aliphatic heterocycles. The molecule has 1 heterocycles. The molecule has 5 rings (SSSR count). The molecular weight excluding hydrogens is 494 g/mol. The first-order valence-electron chi connectivity index (χ1n) is 12.5. The van der Waals surface area contributed by atoms with Gasteiger partial charge in [0.2, 0.25) is 0 Å². The molecule has 1 amide bonds. The van der Waals surface area contributed by atoms with E-state index in [0.29, 0.717) is 52.3 Å². The minimum absolute atomic E-state index is 0.0978. The maximum Gasteiger partial charge on any atom is 0.506 e. The monoisotopic (exact) mass is 521 g/mol. The molecule has 2 N–H and O–H groups in total. The Morgan fingerprint density at radius 3 is 2.38 bits per heavy atom. The summed E-state index contributed by atoms with van der Waals surface area (Å²) in [6.07, 6.45) is 2.48. The second-order valence-corrected chi connectivity index (χ2v) is 9.80. The van der Waals surface area contributed by atoms with Crippen molar-refractivity contribution in [3.05, 3.63) is 88.4 Å². The van der Waals surface area contributed by atoms with E-state index in [0.717, 1.165) is 25.7 Å². The van der Waals surface area contributed by atoms with E-state index in [1.54, 1.807) is 36.4 Å². The van der Waals surface area contributed by atoms with Gasteiger partial charge in [-0.15, -0.1) is 0 Å². The van der Waals surface area contributed by atoms with Crippen LogP contribution in [0.15, 0.2) is 66.7 Å². The third-order valence-corrected chi connectivity index (χ3v) is 7.26. The van der Waals surface area contributed by atoms with E-state index < -0.39 is 12.3 Å². The van der Waals surface area contributed by atoms with Crippen LogP contribution in [0.3, 0.4) is 0 Å². The average Bonchev–Trinajstić information content (AvgIpc) is 2.91. The van der Waals surface area contributed by atoms with E-state index in [1.807, 2.05) is 6.07 Å². The van der Waals surface area contributed by atoms with Crippen molar-refractivity contribution in [3.8, 4) is 17.2 Å². The summed E-state index contributed by atoms with van der Waals surface area (Å²) in [5.74, 6) is 1.80. The van der Waals surface area contributed by atoms with Crippen molar-refractivity contribution in [2.24, 2.45) is 0 Å². The minimum Gasteiger partial charge on any atom is -0.493 e. The van der Waals surface area contributed by atoms with Gasteiger partial charge in [0, 0.05) is 29.7 Å². The Bertz CT molecular complexity index is 1260. The summed E-state index contributed by atoms with van der Waals surface area (Å²) in [6, 6.07) is 20.8. The molecule has 37 heavy (non-hydrogen) atoms. The minimum atomic E-state index is -1.35. The molecule has 1 fully saturated rings. The molecule has 3 aromatic rings. The number of carbonyl (C=O) groups excluding carboxylic acids is 1.